The number of nitrogens with two attached hydrogens (primary N) is 1. The molecule has 32 heavy (non-hydrogen) atoms. The van der Waals surface area contributed by atoms with E-state index >= 15 is 0 Å². The SMILES string of the molecule is CC1(C)CCc2sc(-c3ccccc3CNc3nc4ccc(N)cc4s3)c(C(=O)O)c2C1. The lowest BCUT2D eigenvalue weighted by Gasteiger charge is -2.29. The second-order valence-corrected chi connectivity index (χ2v) is 11.2. The number of nitrogen functional groups attached to an aromatic ring is 1. The number of hydrogen-bond donors (Lipinski definition) is 3. The van der Waals surface area contributed by atoms with Gasteiger partial charge in [-0.05, 0) is 59.6 Å². The number of aromatic nitrogens is 1. The summed E-state index contributed by atoms with van der Waals surface area (Å²) in [6.45, 7) is 5.02. The lowest BCUT2D eigenvalue weighted by molar-refractivity contribution is 0.0696. The van der Waals surface area contributed by atoms with Crippen molar-refractivity contribution in [2.45, 2.75) is 39.7 Å². The molecule has 1 aliphatic carbocycles. The Morgan fingerprint density at radius 2 is 2.03 bits per heavy atom. The van der Waals surface area contributed by atoms with Crippen molar-refractivity contribution in [1.82, 2.24) is 4.98 Å². The fraction of sp³-hybridized carbons (Fsp3) is 0.280. The number of rotatable bonds is 5. The molecule has 0 saturated carbocycles. The molecule has 4 aromatic rings. The van der Waals surface area contributed by atoms with Crippen LogP contribution in [0.1, 0.15) is 46.6 Å². The average molecular weight is 464 g/mol. The van der Waals surface area contributed by atoms with Crippen LogP contribution in [0.15, 0.2) is 42.5 Å². The molecule has 164 valence electrons. The van der Waals surface area contributed by atoms with Gasteiger partial charge in [-0.2, -0.15) is 0 Å². The number of carboxylic acid groups (broad SMARTS) is 1. The first-order valence-electron chi connectivity index (χ1n) is 10.7. The van der Waals surface area contributed by atoms with Crippen LogP contribution in [0, 0.1) is 5.41 Å². The number of fused-ring (bicyclic) bond motifs is 2. The zero-order valence-electron chi connectivity index (χ0n) is 18.1. The molecule has 2 aromatic heterocycles. The number of thiophene rings is 1. The highest BCUT2D eigenvalue weighted by atomic mass is 32.1. The van der Waals surface area contributed by atoms with Gasteiger partial charge in [0.1, 0.15) is 0 Å². The number of hydrogen-bond acceptors (Lipinski definition) is 6. The maximum absolute atomic E-state index is 12.3. The largest absolute Gasteiger partial charge is 0.478 e. The van der Waals surface area contributed by atoms with Gasteiger partial charge in [0.05, 0.1) is 15.8 Å². The van der Waals surface area contributed by atoms with Gasteiger partial charge in [-0.1, -0.05) is 49.4 Å². The highest BCUT2D eigenvalue weighted by Gasteiger charge is 2.33. The van der Waals surface area contributed by atoms with Crippen molar-refractivity contribution in [3.05, 3.63) is 64.0 Å². The quantitative estimate of drug-likeness (QED) is 0.297. The Hall–Kier alpha value is -2.90. The monoisotopic (exact) mass is 463 g/mol. The molecule has 5 nitrogen and oxygen atoms in total. The van der Waals surface area contributed by atoms with Crippen molar-refractivity contribution in [3.8, 4) is 10.4 Å². The van der Waals surface area contributed by atoms with Crippen molar-refractivity contribution in [2.24, 2.45) is 5.41 Å². The number of nitrogens with zero attached hydrogens (tertiary/aromatic N) is 1. The summed E-state index contributed by atoms with van der Waals surface area (Å²) >= 11 is 3.22. The maximum Gasteiger partial charge on any atom is 0.337 e. The molecule has 0 saturated heterocycles. The minimum atomic E-state index is -0.832. The van der Waals surface area contributed by atoms with E-state index in [1.807, 2.05) is 36.4 Å². The van der Waals surface area contributed by atoms with Gasteiger partial charge in [0.15, 0.2) is 5.13 Å². The van der Waals surface area contributed by atoms with E-state index in [0.29, 0.717) is 12.1 Å². The Balaban J connectivity index is 1.49. The lowest BCUT2D eigenvalue weighted by Crippen LogP contribution is -2.22. The predicted octanol–water partition coefficient (Wildman–Crippen LogP) is 6.43. The average Bonchev–Trinajstić information content (AvgIpc) is 3.31. The molecule has 0 bridgehead atoms. The smallest absolute Gasteiger partial charge is 0.337 e. The first-order chi connectivity index (χ1) is 15.3. The number of aryl methyl sites for hydroxylation is 1. The van der Waals surface area contributed by atoms with Gasteiger partial charge in [-0.25, -0.2) is 9.78 Å². The summed E-state index contributed by atoms with van der Waals surface area (Å²) in [5.74, 6) is -0.832. The number of carbonyl (C=O) groups is 1. The number of benzene rings is 2. The highest BCUT2D eigenvalue weighted by molar-refractivity contribution is 7.22. The van der Waals surface area contributed by atoms with E-state index in [0.717, 1.165) is 61.9 Å². The predicted molar refractivity (Wildman–Crippen MR) is 134 cm³/mol. The first-order valence-corrected chi connectivity index (χ1v) is 12.3. The summed E-state index contributed by atoms with van der Waals surface area (Å²) in [5.41, 5.74) is 11.2. The van der Waals surface area contributed by atoms with Gasteiger partial charge in [-0.3, -0.25) is 0 Å². The molecule has 0 radical (unpaired) electrons. The number of carboxylic acids is 1. The normalized spacial score (nSPS) is 14.9. The van der Waals surface area contributed by atoms with Crippen molar-refractivity contribution in [2.75, 3.05) is 11.1 Å². The first kappa shape index (κ1) is 21.0. The minimum Gasteiger partial charge on any atom is -0.478 e. The van der Waals surface area contributed by atoms with Crippen molar-refractivity contribution in [1.29, 1.82) is 0 Å². The van der Waals surface area contributed by atoms with Crippen LogP contribution in [0.3, 0.4) is 0 Å². The second kappa shape index (κ2) is 7.90. The molecule has 4 N–H and O–H groups in total. The van der Waals surface area contributed by atoms with E-state index in [1.165, 1.54) is 4.88 Å². The molecule has 0 fully saturated rings. The van der Waals surface area contributed by atoms with E-state index in [-0.39, 0.29) is 5.41 Å². The van der Waals surface area contributed by atoms with E-state index in [4.69, 9.17) is 5.73 Å². The van der Waals surface area contributed by atoms with Crippen LogP contribution >= 0.6 is 22.7 Å². The van der Waals surface area contributed by atoms with Crippen LogP contribution < -0.4 is 11.1 Å². The molecule has 1 aliphatic rings. The Morgan fingerprint density at radius 1 is 1.22 bits per heavy atom. The van der Waals surface area contributed by atoms with Crippen LogP contribution in [0.2, 0.25) is 0 Å². The fourth-order valence-electron chi connectivity index (χ4n) is 4.42. The summed E-state index contributed by atoms with van der Waals surface area (Å²) < 4.78 is 1.04. The zero-order chi connectivity index (χ0) is 22.5. The Labute approximate surface area is 194 Å². The van der Waals surface area contributed by atoms with Crippen molar-refractivity contribution < 1.29 is 9.90 Å². The third kappa shape index (κ3) is 3.87. The van der Waals surface area contributed by atoms with Gasteiger partial charge in [-0.15, -0.1) is 11.3 Å². The molecule has 7 heteroatoms. The molecule has 0 unspecified atom stereocenters. The number of thiazole rings is 1. The molecule has 0 aliphatic heterocycles. The van der Waals surface area contributed by atoms with Crippen LogP contribution in [0.4, 0.5) is 10.8 Å². The number of anilines is 2. The summed E-state index contributed by atoms with van der Waals surface area (Å²) in [6.07, 6.45) is 2.85. The molecule has 2 aromatic carbocycles. The number of nitrogens with one attached hydrogen (secondary N) is 1. The Morgan fingerprint density at radius 3 is 2.84 bits per heavy atom. The van der Waals surface area contributed by atoms with E-state index < -0.39 is 5.97 Å². The van der Waals surface area contributed by atoms with E-state index in [2.05, 4.69) is 30.2 Å². The van der Waals surface area contributed by atoms with Crippen LogP contribution in [-0.2, 0) is 19.4 Å². The molecule has 0 amide bonds. The standard InChI is InChI=1S/C25H25N3O2S2/c1-25(2)10-9-19-17(12-25)21(23(29)30)22(31-19)16-6-4-3-5-14(16)13-27-24-28-18-8-7-15(26)11-20(18)32-24/h3-8,11H,9-10,12-13,26H2,1-2H3,(H,27,28)(H,29,30). The van der Waals surface area contributed by atoms with Gasteiger partial charge >= 0.3 is 5.97 Å². The topological polar surface area (TPSA) is 88.2 Å². The third-order valence-electron chi connectivity index (χ3n) is 6.09. The Bertz CT molecular complexity index is 1340. The van der Waals surface area contributed by atoms with E-state index in [9.17, 15) is 9.90 Å². The van der Waals surface area contributed by atoms with Crippen LogP contribution in [0.25, 0.3) is 20.7 Å². The van der Waals surface area contributed by atoms with E-state index in [1.54, 1.807) is 22.7 Å². The molecular weight excluding hydrogens is 438 g/mol. The zero-order valence-corrected chi connectivity index (χ0v) is 19.7. The summed E-state index contributed by atoms with van der Waals surface area (Å²) in [5, 5.41) is 14.4. The summed E-state index contributed by atoms with van der Waals surface area (Å²) in [6, 6.07) is 13.8. The maximum atomic E-state index is 12.3. The molecule has 2 heterocycles. The lowest BCUT2D eigenvalue weighted by atomic mass is 9.76. The Kier molecular flexibility index (Phi) is 5.18. The van der Waals surface area contributed by atoms with Crippen LogP contribution in [0.5, 0.6) is 0 Å². The van der Waals surface area contributed by atoms with Gasteiger partial charge in [0, 0.05) is 22.0 Å². The minimum absolute atomic E-state index is 0.132. The van der Waals surface area contributed by atoms with Gasteiger partial charge < -0.3 is 16.2 Å². The molecular formula is C25H25N3O2S2. The molecule has 0 spiro atoms. The molecule has 0 atom stereocenters. The summed E-state index contributed by atoms with van der Waals surface area (Å²) in [4.78, 5) is 19.1. The number of aromatic carboxylic acids is 1. The van der Waals surface area contributed by atoms with Gasteiger partial charge in [0.25, 0.3) is 0 Å². The van der Waals surface area contributed by atoms with Crippen LogP contribution in [-0.4, -0.2) is 16.1 Å². The van der Waals surface area contributed by atoms with Crippen molar-refractivity contribution in [3.63, 3.8) is 0 Å². The van der Waals surface area contributed by atoms with Crippen molar-refractivity contribution >= 4 is 49.7 Å². The van der Waals surface area contributed by atoms with Gasteiger partial charge in [0.2, 0.25) is 0 Å². The summed E-state index contributed by atoms with van der Waals surface area (Å²) in [7, 11) is 0. The molecule has 5 rings (SSSR count). The second-order valence-electron chi connectivity index (χ2n) is 9.11. The highest BCUT2D eigenvalue weighted by Crippen LogP contribution is 2.45. The third-order valence-corrected chi connectivity index (χ3v) is 8.39. The fourth-order valence-corrected chi connectivity index (χ4v) is 6.70.